The number of benzene rings is 1. The number of carbonyl (C=O) groups excluding carboxylic acids is 3. The maximum Gasteiger partial charge on any atom is 0.317 e. The van der Waals surface area contributed by atoms with Gasteiger partial charge in [-0.1, -0.05) is 30.3 Å². The molecule has 1 heterocycles. The van der Waals surface area contributed by atoms with E-state index in [0.29, 0.717) is 17.8 Å². The maximum absolute atomic E-state index is 12.5. The quantitative estimate of drug-likeness (QED) is 0.572. The molecule has 1 aliphatic carbocycles. The van der Waals surface area contributed by atoms with Crippen LogP contribution in [-0.4, -0.2) is 30.8 Å². The van der Waals surface area contributed by atoms with Crippen molar-refractivity contribution in [3.8, 4) is 0 Å². The van der Waals surface area contributed by atoms with Crippen molar-refractivity contribution in [2.45, 2.75) is 31.6 Å². The average molecular weight is 371 g/mol. The van der Waals surface area contributed by atoms with Crippen LogP contribution >= 0.6 is 11.3 Å². The van der Waals surface area contributed by atoms with Crippen LogP contribution in [0, 0.1) is 0 Å². The molecule has 0 spiro atoms. The van der Waals surface area contributed by atoms with Crippen molar-refractivity contribution < 1.29 is 19.1 Å². The van der Waals surface area contributed by atoms with Crippen LogP contribution in [0.2, 0.25) is 0 Å². The first-order valence-electron chi connectivity index (χ1n) is 8.60. The molecule has 5 nitrogen and oxygen atoms in total. The third-order valence-corrected chi connectivity index (χ3v) is 5.67. The van der Waals surface area contributed by atoms with Crippen LogP contribution in [0.1, 0.15) is 39.9 Å². The van der Waals surface area contributed by atoms with E-state index in [-0.39, 0.29) is 24.3 Å². The normalized spacial score (nSPS) is 14.5. The van der Waals surface area contributed by atoms with Crippen LogP contribution in [0.5, 0.6) is 0 Å². The summed E-state index contributed by atoms with van der Waals surface area (Å²) in [6.45, 7) is 1.77. The van der Waals surface area contributed by atoms with Gasteiger partial charge in [0.1, 0.15) is 0 Å². The Balaban J connectivity index is 1.52. The average Bonchev–Trinajstić information content (AvgIpc) is 3.32. The Morgan fingerprint density at radius 1 is 1.12 bits per heavy atom. The Hall–Kier alpha value is -2.47. The van der Waals surface area contributed by atoms with Gasteiger partial charge in [-0.2, -0.15) is 0 Å². The summed E-state index contributed by atoms with van der Waals surface area (Å²) in [4.78, 5) is 37.2. The molecule has 0 aliphatic heterocycles. The number of Topliss-reactive ketones (excluding diaryl/α,β-unsaturated/α-hetero) is 1. The first kappa shape index (κ1) is 18.3. The molecule has 0 bridgehead atoms. The second-order valence-electron chi connectivity index (χ2n) is 6.45. The molecule has 1 aliphatic rings. The first-order chi connectivity index (χ1) is 12.5. The van der Waals surface area contributed by atoms with Crippen molar-refractivity contribution in [2.75, 3.05) is 13.2 Å². The van der Waals surface area contributed by atoms with Gasteiger partial charge in [-0.15, -0.1) is 11.3 Å². The van der Waals surface area contributed by atoms with Gasteiger partial charge < -0.3 is 10.1 Å². The highest BCUT2D eigenvalue weighted by Crippen LogP contribution is 2.49. The number of esters is 1. The molecule has 3 rings (SSSR count). The molecular formula is C20H21NO4S. The summed E-state index contributed by atoms with van der Waals surface area (Å²) >= 11 is 1.37. The van der Waals surface area contributed by atoms with Crippen LogP contribution < -0.4 is 5.32 Å². The maximum atomic E-state index is 12.5. The molecule has 1 fully saturated rings. The first-order valence-corrected chi connectivity index (χ1v) is 9.42. The van der Waals surface area contributed by atoms with E-state index >= 15 is 0 Å². The summed E-state index contributed by atoms with van der Waals surface area (Å²) in [5.41, 5.74) is 0.384. The van der Waals surface area contributed by atoms with Crippen LogP contribution in [-0.2, 0) is 26.2 Å². The fraction of sp³-hybridized carbons (Fsp3) is 0.350. The van der Waals surface area contributed by atoms with E-state index < -0.39 is 5.41 Å². The van der Waals surface area contributed by atoms with Gasteiger partial charge in [-0.25, -0.2) is 0 Å². The Labute approximate surface area is 156 Å². The SMILES string of the molecule is CC(=O)NCCc1ccc(C(=O)COC(=O)C2(c3ccccc3)CC2)s1. The van der Waals surface area contributed by atoms with Crippen molar-refractivity contribution in [1.29, 1.82) is 0 Å². The van der Waals surface area contributed by atoms with E-state index in [1.54, 1.807) is 6.07 Å². The summed E-state index contributed by atoms with van der Waals surface area (Å²) < 4.78 is 5.32. The molecule has 0 radical (unpaired) electrons. The molecule has 1 aromatic carbocycles. The molecule has 1 aromatic heterocycles. The summed E-state index contributed by atoms with van der Waals surface area (Å²) in [5, 5.41) is 2.73. The molecule has 1 amide bonds. The molecule has 1 N–H and O–H groups in total. The lowest BCUT2D eigenvalue weighted by molar-refractivity contribution is -0.145. The van der Waals surface area contributed by atoms with Gasteiger partial charge in [-0.05, 0) is 37.0 Å². The van der Waals surface area contributed by atoms with Crippen molar-refractivity contribution in [1.82, 2.24) is 5.32 Å². The molecule has 26 heavy (non-hydrogen) atoms. The smallest absolute Gasteiger partial charge is 0.317 e. The summed E-state index contributed by atoms with van der Waals surface area (Å²) in [5.74, 6) is -0.588. The number of thiophene rings is 1. The van der Waals surface area contributed by atoms with Crippen molar-refractivity contribution in [3.63, 3.8) is 0 Å². The van der Waals surface area contributed by atoms with Gasteiger partial charge in [0.15, 0.2) is 6.61 Å². The van der Waals surface area contributed by atoms with Crippen molar-refractivity contribution in [3.05, 3.63) is 57.8 Å². The van der Waals surface area contributed by atoms with Gasteiger partial charge in [0, 0.05) is 18.3 Å². The van der Waals surface area contributed by atoms with Gasteiger partial charge in [0.25, 0.3) is 0 Å². The number of ketones is 1. The summed E-state index contributed by atoms with van der Waals surface area (Å²) in [7, 11) is 0. The van der Waals surface area contributed by atoms with E-state index in [0.717, 1.165) is 23.3 Å². The van der Waals surface area contributed by atoms with E-state index in [4.69, 9.17) is 4.74 Å². The Bertz CT molecular complexity index is 808. The van der Waals surface area contributed by atoms with Crippen molar-refractivity contribution >= 4 is 29.0 Å². The molecule has 0 saturated heterocycles. The highest BCUT2D eigenvalue weighted by atomic mass is 32.1. The van der Waals surface area contributed by atoms with E-state index in [2.05, 4.69) is 5.32 Å². The Morgan fingerprint density at radius 3 is 2.50 bits per heavy atom. The standard InChI is InChI=1S/C20H21NO4S/c1-14(22)21-12-9-16-7-8-18(26-16)17(23)13-25-19(24)20(10-11-20)15-5-3-2-4-6-15/h2-8H,9-13H2,1H3,(H,21,22). The number of nitrogens with one attached hydrogen (secondary N) is 1. The number of amides is 1. The van der Waals surface area contributed by atoms with Gasteiger partial charge in [0.2, 0.25) is 11.7 Å². The lowest BCUT2D eigenvalue weighted by Crippen LogP contribution is -2.25. The number of rotatable bonds is 8. The second kappa shape index (κ2) is 7.83. The lowest BCUT2D eigenvalue weighted by Gasteiger charge is -2.14. The third kappa shape index (κ3) is 4.19. The fourth-order valence-corrected chi connectivity index (χ4v) is 3.79. The van der Waals surface area contributed by atoms with Crippen LogP contribution in [0.4, 0.5) is 0 Å². The Kier molecular flexibility index (Phi) is 5.52. The predicted octanol–water partition coefficient (Wildman–Crippen LogP) is 2.88. The fourth-order valence-electron chi connectivity index (χ4n) is 2.86. The van der Waals surface area contributed by atoms with Crippen LogP contribution in [0.3, 0.4) is 0 Å². The highest BCUT2D eigenvalue weighted by molar-refractivity contribution is 7.14. The lowest BCUT2D eigenvalue weighted by atomic mass is 9.96. The van der Waals surface area contributed by atoms with Gasteiger partial charge in [-0.3, -0.25) is 14.4 Å². The molecular weight excluding hydrogens is 350 g/mol. The van der Waals surface area contributed by atoms with Gasteiger partial charge >= 0.3 is 5.97 Å². The van der Waals surface area contributed by atoms with E-state index in [9.17, 15) is 14.4 Å². The van der Waals surface area contributed by atoms with Gasteiger partial charge in [0.05, 0.1) is 10.3 Å². The summed E-state index contributed by atoms with van der Waals surface area (Å²) in [6, 6.07) is 13.2. The number of ether oxygens (including phenoxy) is 1. The zero-order chi connectivity index (χ0) is 18.6. The van der Waals surface area contributed by atoms with Crippen molar-refractivity contribution in [2.24, 2.45) is 0 Å². The molecule has 1 saturated carbocycles. The highest BCUT2D eigenvalue weighted by Gasteiger charge is 2.52. The minimum atomic E-state index is -0.569. The molecule has 136 valence electrons. The minimum Gasteiger partial charge on any atom is -0.457 e. The number of hydrogen-bond acceptors (Lipinski definition) is 5. The number of carbonyl (C=O) groups is 3. The van der Waals surface area contributed by atoms with Crippen LogP contribution in [0.25, 0.3) is 0 Å². The number of hydrogen-bond donors (Lipinski definition) is 1. The van der Waals surface area contributed by atoms with Crippen LogP contribution in [0.15, 0.2) is 42.5 Å². The molecule has 2 aromatic rings. The minimum absolute atomic E-state index is 0.0720. The predicted molar refractivity (Wildman–Crippen MR) is 99.4 cm³/mol. The Morgan fingerprint density at radius 2 is 1.85 bits per heavy atom. The van der Waals surface area contributed by atoms with E-state index in [1.165, 1.54) is 18.3 Å². The topological polar surface area (TPSA) is 72.5 Å². The molecule has 0 atom stereocenters. The monoisotopic (exact) mass is 371 g/mol. The second-order valence-corrected chi connectivity index (χ2v) is 7.61. The zero-order valence-corrected chi connectivity index (χ0v) is 15.4. The zero-order valence-electron chi connectivity index (χ0n) is 14.6. The largest absolute Gasteiger partial charge is 0.457 e. The molecule has 6 heteroatoms. The summed E-state index contributed by atoms with van der Waals surface area (Å²) in [6.07, 6.45) is 2.20. The third-order valence-electron chi connectivity index (χ3n) is 4.48. The van der Waals surface area contributed by atoms with E-state index in [1.807, 2.05) is 36.4 Å². The molecule has 0 unspecified atom stereocenters.